The summed E-state index contributed by atoms with van der Waals surface area (Å²) in [5.41, 5.74) is 0.648. The van der Waals surface area contributed by atoms with Gasteiger partial charge in [-0.15, -0.1) is 0 Å². The van der Waals surface area contributed by atoms with Gasteiger partial charge in [-0.2, -0.15) is 4.98 Å². The van der Waals surface area contributed by atoms with Gasteiger partial charge in [-0.05, 0) is 24.5 Å². The van der Waals surface area contributed by atoms with Crippen LogP contribution in [0, 0.1) is 5.92 Å². The molecular formula is C17H22N4O5S. The number of hydrogen-bond acceptors (Lipinski definition) is 7. The molecule has 0 bridgehead atoms. The number of nitrogens with one attached hydrogen (secondary N) is 1. The predicted molar refractivity (Wildman–Crippen MR) is 97.9 cm³/mol. The van der Waals surface area contributed by atoms with Gasteiger partial charge in [0.2, 0.25) is 15.9 Å². The minimum atomic E-state index is -3.67. The maximum Gasteiger partial charge on any atom is 0.420 e. The van der Waals surface area contributed by atoms with Gasteiger partial charge in [-0.3, -0.25) is 4.57 Å². The molecule has 0 aliphatic rings. The average Bonchev–Trinajstić information content (AvgIpc) is 3.18. The van der Waals surface area contributed by atoms with E-state index in [9.17, 15) is 13.2 Å². The second kappa shape index (κ2) is 7.65. The third-order valence-electron chi connectivity index (χ3n) is 4.08. The number of nitrogens with zero attached hydrogens (tertiary/aromatic N) is 3. The van der Waals surface area contributed by atoms with Crippen LogP contribution in [-0.2, 0) is 23.0 Å². The Labute approximate surface area is 156 Å². The van der Waals surface area contributed by atoms with Crippen molar-refractivity contribution in [3.63, 3.8) is 0 Å². The lowest BCUT2D eigenvalue weighted by molar-refractivity contribution is 0.375. The first-order valence-electron chi connectivity index (χ1n) is 8.74. The van der Waals surface area contributed by atoms with Gasteiger partial charge in [0, 0.05) is 19.0 Å². The fraction of sp³-hybridized carbons (Fsp3) is 0.471. The molecule has 3 aromatic rings. The molecule has 0 saturated heterocycles. The topological polar surface area (TPSA) is 120 Å². The lowest BCUT2D eigenvalue weighted by Gasteiger charge is -2.08. The number of sulfonamides is 1. The SMILES string of the molecule is CCc1nc(Cn2c(=O)oc3cc(S(=O)(=O)NCCC(C)C)ccc32)no1. The highest BCUT2D eigenvalue weighted by Gasteiger charge is 2.18. The molecule has 0 amide bonds. The van der Waals surface area contributed by atoms with Crippen molar-refractivity contribution in [2.45, 2.75) is 45.1 Å². The summed E-state index contributed by atoms with van der Waals surface area (Å²) in [5, 5.41) is 3.82. The molecule has 2 heterocycles. The van der Waals surface area contributed by atoms with Crippen molar-refractivity contribution in [2.75, 3.05) is 6.54 Å². The van der Waals surface area contributed by atoms with E-state index in [1.807, 2.05) is 20.8 Å². The van der Waals surface area contributed by atoms with Gasteiger partial charge in [-0.1, -0.05) is 25.9 Å². The number of hydrogen-bond donors (Lipinski definition) is 1. The van der Waals surface area contributed by atoms with E-state index in [2.05, 4.69) is 14.9 Å². The highest BCUT2D eigenvalue weighted by molar-refractivity contribution is 7.89. The van der Waals surface area contributed by atoms with E-state index in [0.717, 1.165) is 6.42 Å². The van der Waals surface area contributed by atoms with Crippen LogP contribution >= 0.6 is 0 Å². The van der Waals surface area contributed by atoms with Gasteiger partial charge in [-0.25, -0.2) is 17.9 Å². The summed E-state index contributed by atoms with van der Waals surface area (Å²) in [7, 11) is -3.67. The van der Waals surface area contributed by atoms with Gasteiger partial charge in [0.15, 0.2) is 11.4 Å². The van der Waals surface area contributed by atoms with Crippen molar-refractivity contribution in [2.24, 2.45) is 5.92 Å². The Hall–Kier alpha value is -2.46. The Kier molecular flexibility index (Phi) is 5.47. The van der Waals surface area contributed by atoms with Crippen molar-refractivity contribution < 1.29 is 17.4 Å². The Morgan fingerprint density at radius 2 is 2.07 bits per heavy atom. The molecule has 9 nitrogen and oxygen atoms in total. The van der Waals surface area contributed by atoms with Crippen LogP contribution in [0.1, 0.15) is 38.9 Å². The van der Waals surface area contributed by atoms with Crippen LogP contribution < -0.4 is 10.5 Å². The zero-order valence-corrected chi connectivity index (χ0v) is 16.2. The van der Waals surface area contributed by atoms with Gasteiger partial charge in [0.25, 0.3) is 0 Å². The minimum Gasteiger partial charge on any atom is -0.408 e. The zero-order chi connectivity index (χ0) is 19.6. The molecule has 2 aromatic heterocycles. The third kappa shape index (κ3) is 4.28. The Morgan fingerprint density at radius 3 is 2.74 bits per heavy atom. The summed E-state index contributed by atoms with van der Waals surface area (Å²) in [6, 6.07) is 4.33. The normalized spacial score (nSPS) is 12.3. The Morgan fingerprint density at radius 1 is 1.30 bits per heavy atom. The average molecular weight is 394 g/mol. The number of rotatable bonds is 8. The van der Waals surface area contributed by atoms with Crippen molar-refractivity contribution in [3.05, 3.63) is 40.5 Å². The van der Waals surface area contributed by atoms with Crippen LogP contribution in [0.4, 0.5) is 0 Å². The first-order chi connectivity index (χ1) is 12.8. The van der Waals surface area contributed by atoms with E-state index in [-0.39, 0.29) is 17.0 Å². The zero-order valence-electron chi connectivity index (χ0n) is 15.4. The fourth-order valence-corrected chi connectivity index (χ4v) is 3.63. The highest BCUT2D eigenvalue weighted by Crippen LogP contribution is 2.19. The molecule has 1 N–H and O–H groups in total. The second-order valence-electron chi connectivity index (χ2n) is 6.62. The molecule has 3 rings (SSSR count). The summed E-state index contributed by atoms with van der Waals surface area (Å²) >= 11 is 0. The van der Waals surface area contributed by atoms with Crippen LogP contribution in [0.15, 0.2) is 36.8 Å². The molecule has 146 valence electrons. The molecule has 0 aliphatic carbocycles. The lowest BCUT2D eigenvalue weighted by Crippen LogP contribution is -2.25. The fourth-order valence-electron chi connectivity index (χ4n) is 2.57. The van der Waals surface area contributed by atoms with Crippen LogP contribution in [0.25, 0.3) is 11.1 Å². The molecular weight excluding hydrogens is 372 g/mol. The first kappa shape index (κ1) is 19.3. The molecule has 0 saturated carbocycles. The van der Waals surface area contributed by atoms with E-state index in [0.29, 0.717) is 36.1 Å². The molecule has 0 fully saturated rings. The number of oxazole rings is 1. The summed E-state index contributed by atoms with van der Waals surface area (Å²) in [6.07, 6.45) is 1.33. The molecule has 0 unspecified atom stereocenters. The van der Waals surface area contributed by atoms with Crippen LogP contribution in [0.5, 0.6) is 0 Å². The van der Waals surface area contributed by atoms with E-state index in [1.165, 1.54) is 22.8 Å². The van der Waals surface area contributed by atoms with Crippen molar-refractivity contribution in [1.82, 2.24) is 19.4 Å². The smallest absolute Gasteiger partial charge is 0.408 e. The quantitative estimate of drug-likeness (QED) is 0.619. The van der Waals surface area contributed by atoms with E-state index < -0.39 is 15.8 Å². The monoisotopic (exact) mass is 394 g/mol. The van der Waals surface area contributed by atoms with E-state index >= 15 is 0 Å². The summed E-state index contributed by atoms with van der Waals surface area (Å²) < 4.78 is 39.0. The number of aromatic nitrogens is 3. The van der Waals surface area contributed by atoms with Crippen LogP contribution in [0.3, 0.4) is 0 Å². The standard InChI is InChI=1S/C17H22N4O5S/c1-4-16-19-15(20-26-16)10-21-13-6-5-12(9-14(13)25-17(21)22)27(23,24)18-8-7-11(2)3/h5-6,9,11,18H,4,7-8,10H2,1-3H3. The Balaban J connectivity index is 1.88. The predicted octanol–water partition coefficient (Wildman–Crippen LogP) is 1.91. The van der Waals surface area contributed by atoms with Crippen molar-refractivity contribution >= 4 is 21.1 Å². The number of aryl methyl sites for hydroxylation is 1. The summed E-state index contributed by atoms with van der Waals surface area (Å²) in [4.78, 5) is 16.4. The molecule has 0 aliphatic heterocycles. The summed E-state index contributed by atoms with van der Waals surface area (Å²) in [6.45, 7) is 6.35. The van der Waals surface area contributed by atoms with Crippen LogP contribution in [-0.4, -0.2) is 29.7 Å². The van der Waals surface area contributed by atoms with Crippen molar-refractivity contribution in [1.29, 1.82) is 0 Å². The van der Waals surface area contributed by atoms with E-state index in [4.69, 9.17) is 8.94 Å². The Bertz CT molecular complexity index is 1090. The third-order valence-corrected chi connectivity index (χ3v) is 5.53. The number of fused-ring (bicyclic) bond motifs is 1. The van der Waals surface area contributed by atoms with Crippen LogP contribution in [0.2, 0.25) is 0 Å². The van der Waals surface area contributed by atoms with Gasteiger partial charge in [0.1, 0.15) is 0 Å². The van der Waals surface area contributed by atoms with Crippen molar-refractivity contribution in [3.8, 4) is 0 Å². The highest BCUT2D eigenvalue weighted by atomic mass is 32.2. The molecule has 0 radical (unpaired) electrons. The van der Waals surface area contributed by atoms with E-state index in [1.54, 1.807) is 0 Å². The lowest BCUT2D eigenvalue weighted by atomic mass is 10.1. The summed E-state index contributed by atoms with van der Waals surface area (Å²) in [5.74, 6) is 0.603. The van der Waals surface area contributed by atoms with Gasteiger partial charge >= 0.3 is 5.76 Å². The number of benzene rings is 1. The second-order valence-corrected chi connectivity index (χ2v) is 8.39. The maximum atomic E-state index is 12.4. The first-order valence-corrected chi connectivity index (χ1v) is 10.2. The minimum absolute atomic E-state index is 0.0486. The molecule has 10 heteroatoms. The molecule has 27 heavy (non-hydrogen) atoms. The molecule has 1 aromatic carbocycles. The maximum absolute atomic E-state index is 12.4. The van der Waals surface area contributed by atoms with Gasteiger partial charge < -0.3 is 8.94 Å². The molecule has 0 atom stereocenters. The molecule has 0 spiro atoms. The van der Waals surface area contributed by atoms with Gasteiger partial charge in [0.05, 0.1) is 17.0 Å². The largest absolute Gasteiger partial charge is 0.420 e.